The number of rotatable bonds is 3. The Hall–Kier alpha value is -1.54. The second kappa shape index (κ2) is 5.62. The highest BCUT2D eigenvalue weighted by atomic mass is 79.9. The Kier molecular flexibility index (Phi) is 4.11. The van der Waals surface area contributed by atoms with Gasteiger partial charge in [-0.2, -0.15) is 4.98 Å². The van der Waals surface area contributed by atoms with Crippen LogP contribution in [0.5, 0.6) is 0 Å². The van der Waals surface area contributed by atoms with Crippen molar-refractivity contribution in [3.8, 4) is 0 Å². The molecule has 2 rings (SSSR count). The SMILES string of the molecule is Cn1[nH]c(=O)c(=O)nc1SCc1cc(N)cc(Br)c1. The van der Waals surface area contributed by atoms with Crippen LogP contribution < -0.4 is 16.9 Å². The number of H-pyrrole nitrogens is 1. The molecule has 0 aliphatic heterocycles. The highest BCUT2D eigenvalue weighted by Crippen LogP contribution is 2.23. The van der Waals surface area contributed by atoms with Crippen molar-refractivity contribution in [3.63, 3.8) is 0 Å². The third kappa shape index (κ3) is 3.48. The van der Waals surface area contributed by atoms with Gasteiger partial charge in [-0.05, 0) is 23.8 Å². The molecular formula is C11H11BrN4O2S. The molecule has 0 saturated carbocycles. The number of aryl methyl sites for hydroxylation is 1. The third-order valence-electron chi connectivity index (χ3n) is 2.30. The van der Waals surface area contributed by atoms with E-state index in [4.69, 9.17) is 5.73 Å². The Balaban J connectivity index is 2.21. The molecule has 0 atom stereocenters. The lowest BCUT2D eigenvalue weighted by molar-refractivity contribution is 0.596. The van der Waals surface area contributed by atoms with E-state index in [1.807, 2.05) is 18.2 Å². The van der Waals surface area contributed by atoms with Gasteiger partial charge in [0.05, 0.1) is 0 Å². The van der Waals surface area contributed by atoms with Gasteiger partial charge < -0.3 is 5.73 Å². The summed E-state index contributed by atoms with van der Waals surface area (Å²) in [5.74, 6) is 0.593. The van der Waals surface area contributed by atoms with Gasteiger partial charge in [0, 0.05) is 23.0 Å². The predicted octanol–water partition coefficient (Wildman–Crippen LogP) is 1.11. The molecule has 1 aromatic heterocycles. The van der Waals surface area contributed by atoms with Crippen molar-refractivity contribution < 1.29 is 0 Å². The monoisotopic (exact) mass is 342 g/mol. The van der Waals surface area contributed by atoms with Crippen LogP contribution in [0.1, 0.15) is 5.56 Å². The standard InChI is InChI=1S/C11H11BrN4O2S/c1-16-11(14-9(17)10(18)15-16)19-5-6-2-7(12)4-8(13)3-6/h2-4H,5,13H2,1H3,(H,15,18). The second-order valence-electron chi connectivity index (χ2n) is 3.88. The van der Waals surface area contributed by atoms with E-state index in [0.29, 0.717) is 16.6 Å². The van der Waals surface area contributed by atoms with Gasteiger partial charge in [0.2, 0.25) is 0 Å². The van der Waals surface area contributed by atoms with Gasteiger partial charge in [-0.25, -0.2) is 0 Å². The fraction of sp³-hybridized carbons (Fsp3) is 0.182. The number of halogens is 1. The minimum absolute atomic E-state index is 0.447. The number of thioether (sulfide) groups is 1. The molecule has 1 aromatic carbocycles. The zero-order valence-corrected chi connectivity index (χ0v) is 12.4. The van der Waals surface area contributed by atoms with Crippen LogP contribution in [0.15, 0.2) is 37.4 Å². The summed E-state index contributed by atoms with van der Waals surface area (Å²) in [5, 5.41) is 2.84. The van der Waals surface area contributed by atoms with Crippen LogP contribution in [0.4, 0.5) is 5.69 Å². The van der Waals surface area contributed by atoms with Crippen LogP contribution in [0.2, 0.25) is 0 Å². The van der Waals surface area contributed by atoms with E-state index >= 15 is 0 Å². The first-order chi connectivity index (χ1) is 8.95. The lowest BCUT2D eigenvalue weighted by Gasteiger charge is -2.06. The van der Waals surface area contributed by atoms with Gasteiger partial charge in [0.15, 0.2) is 5.16 Å². The topological polar surface area (TPSA) is 93.8 Å². The summed E-state index contributed by atoms with van der Waals surface area (Å²) in [5.41, 5.74) is 5.90. The maximum atomic E-state index is 11.2. The van der Waals surface area contributed by atoms with Gasteiger partial charge in [0.1, 0.15) is 0 Å². The van der Waals surface area contributed by atoms with E-state index in [1.54, 1.807) is 7.05 Å². The van der Waals surface area contributed by atoms with Gasteiger partial charge in [0.25, 0.3) is 0 Å². The quantitative estimate of drug-likeness (QED) is 0.495. The molecule has 0 aliphatic rings. The first-order valence-corrected chi connectivity index (χ1v) is 7.08. The zero-order valence-electron chi connectivity index (χ0n) is 10.0. The van der Waals surface area contributed by atoms with Crippen molar-refractivity contribution in [2.45, 2.75) is 10.9 Å². The Morgan fingerprint density at radius 2 is 2.16 bits per heavy atom. The number of hydrogen-bond donors (Lipinski definition) is 2. The molecule has 6 nitrogen and oxygen atoms in total. The van der Waals surface area contributed by atoms with E-state index in [0.717, 1.165) is 10.0 Å². The lowest BCUT2D eigenvalue weighted by atomic mass is 10.2. The fourth-order valence-electron chi connectivity index (χ4n) is 1.50. The van der Waals surface area contributed by atoms with E-state index in [9.17, 15) is 9.59 Å². The minimum atomic E-state index is -0.783. The number of aromatic nitrogens is 3. The molecule has 0 unspecified atom stereocenters. The van der Waals surface area contributed by atoms with Crippen molar-refractivity contribution in [1.82, 2.24) is 14.8 Å². The molecule has 2 aromatic rings. The third-order valence-corrected chi connectivity index (χ3v) is 3.85. The first-order valence-electron chi connectivity index (χ1n) is 5.31. The molecule has 0 radical (unpaired) electrons. The number of nitrogens with two attached hydrogens (primary N) is 1. The number of nitrogen functional groups attached to an aromatic ring is 1. The molecular weight excluding hydrogens is 332 g/mol. The van der Waals surface area contributed by atoms with Crippen molar-refractivity contribution in [2.75, 3.05) is 5.73 Å². The number of anilines is 1. The summed E-state index contributed by atoms with van der Waals surface area (Å²) in [6.07, 6.45) is 0. The Morgan fingerprint density at radius 1 is 1.42 bits per heavy atom. The molecule has 0 spiro atoms. The Labute approximate surface area is 121 Å². The predicted molar refractivity (Wildman–Crippen MR) is 78.2 cm³/mol. The minimum Gasteiger partial charge on any atom is -0.399 e. The van der Waals surface area contributed by atoms with E-state index in [2.05, 4.69) is 26.0 Å². The summed E-state index contributed by atoms with van der Waals surface area (Å²) >= 11 is 4.71. The number of hydrogen-bond acceptors (Lipinski definition) is 5. The summed E-state index contributed by atoms with van der Waals surface area (Å²) in [6.45, 7) is 0. The number of nitrogens with zero attached hydrogens (tertiary/aromatic N) is 2. The van der Waals surface area contributed by atoms with Crippen LogP contribution in [0.25, 0.3) is 0 Å². The van der Waals surface area contributed by atoms with Crippen molar-refractivity contribution in [2.24, 2.45) is 7.05 Å². The van der Waals surface area contributed by atoms with Crippen molar-refractivity contribution in [3.05, 3.63) is 48.9 Å². The van der Waals surface area contributed by atoms with Crippen molar-refractivity contribution >= 4 is 33.4 Å². The summed E-state index contributed by atoms with van der Waals surface area (Å²) in [6, 6.07) is 5.59. The highest BCUT2D eigenvalue weighted by Gasteiger charge is 2.05. The molecule has 1 heterocycles. The Morgan fingerprint density at radius 3 is 2.84 bits per heavy atom. The number of benzene rings is 1. The van der Waals surface area contributed by atoms with Crippen molar-refractivity contribution in [1.29, 1.82) is 0 Å². The molecule has 3 N–H and O–H groups in total. The van der Waals surface area contributed by atoms with E-state index < -0.39 is 11.1 Å². The van der Waals surface area contributed by atoms with Crippen LogP contribution in [-0.4, -0.2) is 14.8 Å². The van der Waals surface area contributed by atoms with Gasteiger partial charge in [-0.3, -0.25) is 19.4 Å². The zero-order chi connectivity index (χ0) is 14.0. The largest absolute Gasteiger partial charge is 0.399 e. The molecule has 0 fully saturated rings. The molecule has 0 amide bonds. The van der Waals surface area contributed by atoms with E-state index in [1.165, 1.54) is 16.4 Å². The fourth-order valence-corrected chi connectivity index (χ4v) is 2.90. The first kappa shape index (κ1) is 13.9. The smallest absolute Gasteiger partial charge is 0.339 e. The van der Waals surface area contributed by atoms with Crippen LogP contribution in [-0.2, 0) is 12.8 Å². The summed E-state index contributed by atoms with van der Waals surface area (Å²) in [7, 11) is 1.63. The molecule has 100 valence electrons. The van der Waals surface area contributed by atoms with Gasteiger partial charge >= 0.3 is 11.1 Å². The molecule has 0 aliphatic carbocycles. The van der Waals surface area contributed by atoms with Crippen LogP contribution in [0, 0.1) is 0 Å². The van der Waals surface area contributed by atoms with E-state index in [-0.39, 0.29) is 0 Å². The molecule has 8 heteroatoms. The number of aromatic amines is 1. The average molecular weight is 343 g/mol. The van der Waals surface area contributed by atoms with Gasteiger partial charge in [-0.15, -0.1) is 0 Å². The maximum Gasteiger partial charge on any atom is 0.339 e. The molecule has 0 saturated heterocycles. The van der Waals surface area contributed by atoms with Gasteiger partial charge in [-0.1, -0.05) is 27.7 Å². The lowest BCUT2D eigenvalue weighted by Crippen LogP contribution is -2.33. The van der Waals surface area contributed by atoms with Crippen LogP contribution in [0.3, 0.4) is 0 Å². The normalized spacial score (nSPS) is 10.6. The van der Waals surface area contributed by atoms with Crippen LogP contribution >= 0.6 is 27.7 Å². The Bertz CT molecular complexity index is 705. The summed E-state index contributed by atoms with van der Waals surface area (Å²) in [4.78, 5) is 26.0. The average Bonchev–Trinajstić information content (AvgIpc) is 2.31. The maximum absolute atomic E-state index is 11.2. The molecule has 0 bridgehead atoms. The molecule has 19 heavy (non-hydrogen) atoms. The summed E-state index contributed by atoms with van der Waals surface area (Å²) < 4.78 is 2.32. The highest BCUT2D eigenvalue weighted by molar-refractivity contribution is 9.10. The second-order valence-corrected chi connectivity index (χ2v) is 5.74. The number of nitrogens with one attached hydrogen (secondary N) is 1.